The summed E-state index contributed by atoms with van der Waals surface area (Å²) in [5.74, 6) is 0.839. The molecule has 2 rings (SSSR count). The molecule has 3 atom stereocenters. The first-order valence-corrected chi connectivity index (χ1v) is 5.83. The number of rotatable bonds is 0. The zero-order chi connectivity index (χ0) is 9.31. The summed E-state index contributed by atoms with van der Waals surface area (Å²) in [5, 5.41) is 0. The van der Waals surface area contributed by atoms with E-state index in [-0.39, 0.29) is 4.75 Å². The standard InChI is InChI=1S/C10H20N2S/c1-10(13)6-8-4-2-3-5-9(8)12-11-7-10/h8-9,11-13H,2-7H2,1H3. The van der Waals surface area contributed by atoms with Crippen molar-refractivity contribution in [2.75, 3.05) is 6.54 Å². The summed E-state index contributed by atoms with van der Waals surface area (Å²) in [5.41, 5.74) is 6.75. The number of fused-ring (bicyclic) bond motifs is 1. The Balaban J connectivity index is 2.03. The van der Waals surface area contributed by atoms with Crippen LogP contribution in [0.2, 0.25) is 0 Å². The fourth-order valence-electron chi connectivity index (χ4n) is 2.65. The molecule has 13 heavy (non-hydrogen) atoms. The lowest BCUT2D eigenvalue weighted by Crippen LogP contribution is -2.44. The number of nitrogens with one attached hydrogen (secondary N) is 2. The zero-order valence-electron chi connectivity index (χ0n) is 8.34. The maximum Gasteiger partial charge on any atom is 0.0243 e. The van der Waals surface area contributed by atoms with Crippen LogP contribution in [0.15, 0.2) is 0 Å². The van der Waals surface area contributed by atoms with Gasteiger partial charge in [0.1, 0.15) is 0 Å². The Morgan fingerprint density at radius 1 is 1.31 bits per heavy atom. The van der Waals surface area contributed by atoms with Gasteiger partial charge in [-0.15, -0.1) is 0 Å². The maximum atomic E-state index is 4.70. The first-order valence-electron chi connectivity index (χ1n) is 5.38. The van der Waals surface area contributed by atoms with Gasteiger partial charge < -0.3 is 0 Å². The highest BCUT2D eigenvalue weighted by atomic mass is 32.1. The summed E-state index contributed by atoms with van der Waals surface area (Å²) in [6, 6.07) is 0.697. The van der Waals surface area contributed by atoms with E-state index in [1.54, 1.807) is 0 Å². The molecule has 0 aromatic heterocycles. The highest BCUT2D eigenvalue weighted by Gasteiger charge is 2.33. The lowest BCUT2D eigenvalue weighted by molar-refractivity contribution is 0.249. The molecule has 1 aliphatic carbocycles. The molecule has 0 radical (unpaired) electrons. The Labute approximate surface area is 86.2 Å². The van der Waals surface area contributed by atoms with E-state index in [0.29, 0.717) is 6.04 Å². The SMILES string of the molecule is CC1(S)CNNC2CCCCC2C1. The second-order valence-corrected chi connectivity index (χ2v) is 5.93. The van der Waals surface area contributed by atoms with Gasteiger partial charge in [0.15, 0.2) is 0 Å². The fourth-order valence-corrected chi connectivity index (χ4v) is 2.97. The smallest absolute Gasteiger partial charge is 0.0243 e. The Bertz CT molecular complexity index is 182. The van der Waals surface area contributed by atoms with Gasteiger partial charge in [-0.1, -0.05) is 12.8 Å². The van der Waals surface area contributed by atoms with Crippen LogP contribution in [0.25, 0.3) is 0 Å². The Morgan fingerprint density at radius 3 is 2.92 bits per heavy atom. The van der Waals surface area contributed by atoms with Crippen molar-refractivity contribution < 1.29 is 0 Å². The molecule has 0 spiro atoms. The van der Waals surface area contributed by atoms with Gasteiger partial charge in [-0.05, 0) is 32.1 Å². The maximum absolute atomic E-state index is 4.70. The third-order valence-corrected chi connectivity index (χ3v) is 3.71. The lowest BCUT2D eigenvalue weighted by atomic mass is 9.80. The van der Waals surface area contributed by atoms with E-state index in [0.717, 1.165) is 12.5 Å². The largest absolute Gasteiger partial charge is 0.256 e. The van der Waals surface area contributed by atoms with Gasteiger partial charge in [0, 0.05) is 17.3 Å². The molecule has 0 bridgehead atoms. The average molecular weight is 200 g/mol. The van der Waals surface area contributed by atoms with Crippen LogP contribution < -0.4 is 10.9 Å². The van der Waals surface area contributed by atoms with Crippen molar-refractivity contribution in [1.82, 2.24) is 10.9 Å². The lowest BCUT2D eigenvalue weighted by Gasteiger charge is -2.32. The summed E-state index contributed by atoms with van der Waals surface area (Å²) in [4.78, 5) is 0. The summed E-state index contributed by atoms with van der Waals surface area (Å²) in [6.45, 7) is 3.21. The van der Waals surface area contributed by atoms with Gasteiger partial charge in [-0.3, -0.25) is 10.9 Å². The van der Waals surface area contributed by atoms with E-state index in [2.05, 4.69) is 17.8 Å². The van der Waals surface area contributed by atoms with Crippen LogP contribution in [-0.4, -0.2) is 17.3 Å². The monoisotopic (exact) mass is 200 g/mol. The summed E-state index contributed by atoms with van der Waals surface area (Å²) >= 11 is 4.70. The minimum atomic E-state index is 0.170. The Kier molecular flexibility index (Phi) is 2.86. The Hall–Kier alpha value is 0.270. The van der Waals surface area contributed by atoms with Crippen LogP contribution in [-0.2, 0) is 0 Å². The van der Waals surface area contributed by atoms with Crippen LogP contribution in [0.4, 0.5) is 0 Å². The molecule has 2 N–H and O–H groups in total. The molecular weight excluding hydrogens is 180 g/mol. The van der Waals surface area contributed by atoms with Gasteiger partial charge in [-0.2, -0.15) is 12.6 Å². The second kappa shape index (κ2) is 3.79. The molecule has 3 heteroatoms. The molecule has 0 aromatic rings. The van der Waals surface area contributed by atoms with Crippen LogP contribution in [0, 0.1) is 5.92 Å². The summed E-state index contributed by atoms with van der Waals surface area (Å²) in [6.07, 6.45) is 6.77. The molecule has 3 unspecified atom stereocenters. The summed E-state index contributed by atoms with van der Waals surface area (Å²) < 4.78 is 0.170. The third-order valence-electron chi connectivity index (χ3n) is 3.37. The topological polar surface area (TPSA) is 24.1 Å². The molecule has 1 saturated heterocycles. The van der Waals surface area contributed by atoms with Crippen molar-refractivity contribution in [3.63, 3.8) is 0 Å². The molecule has 2 fully saturated rings. The predicted octanol–water partition coefficient (Wildman–Crippen LogP) is 1.73. The quantitative estimate of drug-likeness (QED) is 0.519. The highest BCUT2D eigenvalue weighted by Crippen LogP contribution is 2.34. The van der Waals surface area contributed by atoms with E-state index < -0.39 is 0 Å². The van der Waals surface area contributed by atoms with Crippen molar-refractivity contribution >= 4 is 12.6 Å². The van der Waals surface area contributed by atoms with Gasteiger partial charge in [0.2, 0.25) is 0 Å². The zero-order valence-corrected chi connectivity index (χ0v) is 9.24. The Morgan fingerprint density at radius 2 is 2.08 bits per heavy atom. The van der Waals surface area contributed by atoms with E-state index >= 15 is 0 Å². The molecule has 1 saturated carbocycles. The van der Waals surface area contributed by atoms with Crippen LogP contribution in [0.1, 0.15) is 39.0 Å². The number of hydrazine groups is 1. The normalized spacial score (nSPS) is 46.6. The van der Waals surface area contributed by atoms with Crippen molar-refractivity contribution in [3.05, 3.63) is 0 Å². The fraction of sp³-hybridized carbons (Fsp3) is 1.00. The molecule has 2 aliphatic rings. The van der Waals surface area contributed by atoms with Gasteiger partial charge in [-0.25, -0.2) is 0 Å². The van der Waals surface area contributed by atoms with E-state index in [9.17, 15) is 0 Å². The van der Waals surface area contributed by atoms with Crippen LogP contribution in [0.3, 0.4) is 0 Å². The minimum absolute atomic E-state index is 0.170. The van der Waals surface area contributed by atoms with Crippen molar-refractivity contribution in [1.29, 1.82) is 0 Å². The molecule has 0 amide bonds. The average Bonchev–Trinajstić information content (AvgIpc) is 2.21. The third kappa shape index (κ3) is 2.39. The first-order chi connectivity index (χ1) is 6.17. The van der Waals surface area contributed by atoms with Crippen LogP contribution in [0.5, 0.6) is 0 Å². The molecule has 1 heterocycles. The van der Waals surface area contributed by atoms with Gasteiger partial charge >= 0.3 is 0 Å². The molecule has 0 aromatic carbocycles. The molecule has 76 valence electrons. The van der Waals surface area contributed by atoms with E-state index in [4.69, 9.17) is 12.6 Å². The minimum Gasteiger partial charge on any atom is -0.256 e. The summed E-state index contributed by atoms with van der Waals surface area (Å²) in [7, 11) is 0. The van der Waals surface area contributed by atoms with Crippen molar-refractivity contribution in [3.8, 4) is 0 Å². The number of thiol groups is 1. The number of hydrogen-bond donors (Lipinski definition) is 3. The molecular formula is C10H20N2S. The second-order valence-electron chi connectivity index (χ2n) is 4.85. The first kappa shape index (κ1) is 9.81. The van der Waals surface area contributed by atoms with E-state index in [1.807, 2.05) is 0 Å². The number of hydrogen-bond acceptors (Lipinski definition) is 3. The highest BCUT2D eigenvalue weighted by molar-refractivity contribution is 7.81. The van der Waals surface area contributed by atoms with Crippen LogP contribution >= 0.6 is 12.6 Å². The molecule has 1 aliphatic heterocycles. The van der Waals surface area contributed by atoms with Gasteiger partial charge in [0.05, 0.1) is 0 Å². The predicted molar refractivity (Wildman–Crippen MR) is 58.9 cm³/mol. The molecule has 2 nitrogen and oxygen atoms in total. The van der Waals surface area contributed by atoms with E-state index in [1.165, 1.54) is 32.1 Å². The van der Waals surface area contributed by atoms with Crippen molar-refractivity contribution in [2.45, 2.75) is 49.8 Å². The van der Waals surface area contributed by atoms with Crippen molar-refractivity contribution in [2.24, 2.45) is 5.92 Å². The van der Waals surface area contributed by atoms with Gasteiger partial charge in [0.25, 0.3) is 0 Å².